The van der Waals surface area contributed by atoms with Crippen molar-refractivity contribution in [1.82, 2.24) is 0 Å². The Kier molecular flexibility index (Phi) is 1.83. The van der Waals surface area contributed by atoms with Gasteiger partial charge in [0, 0.05) is 5.75 Å². The second-order valence-corrected chi connectivity index (χ2v) is 2.92. The summed E-state index contributed by atoms with van der Waals surface area (Å²) in [5.41, 5.74) is 0.809. The van der Waals surface area contributed by atoms with E-state index < -0.39 is 6.29 Å². The predicted octanol–water partition coefficient (Wildman–Crippen LogP) is 2.44. The van der Waals surface area contributed by atoms with Crippen LogP contribution in [-0.2, 0) is 5.75 Å². The normalized spacial score (nSPS) is 17.5. The lowest BCUT2D eigenvalue weighted by molar-refractivity contribution is -0.286. The first-order valence-electron chi connectivity index (χ1n) is 3.60. The summed E-state index contributed by atoms with van der Waals surface area (Å²) >= 11 is 4.01. The van der Waals surface area contributed by atoms with Crippen molar-refractivity contribution in [3.05, 3.63) is 23.8 Å². The molecular weight excluding hydrogens is 198 g/mol. The van der Waals surface area contributed by atoms with Crippen molar-refractivity contribution in [2.24, 2.45) is 0 Å². The van der Waals surface area contributed by atoms with E-state index in [9.17, 15) is 8.78 Å². The Balaban J connectivity index is 2.36. The Bertz CT molecular complexity index is 341. The Morgan fingerprint density at radius 2 is 1.92 bits per heavy atom. The van der Waals surface area contributed by atoms with E-state index in [0.29, 0.717) is 5.75 Å². The Hall–Kier alpha value is -0.970. The summed E-state index contributed by atoms with van der Waals surface area (Å²) in [4.78, 5) is 0. The van der Waals surface area contributed by atoms with Gasteiger partial charge in [0.25, 0.3) is 0 Å². The van der Waals surface area contributed by atoms with Crippen LogP contribution in [0.15, 0.2) is 18.2 Å². The monoisotopic (exact) mass is 204 g/mol. The van der Waals surface area contributed by atoms with Crippen molar-refractivity contribution < 1.29 is 18.3 Å². The molecule has 0 unspecified atom stereocenters. The molecule has 2 rings (SSSR count). The Morgan fingerprint density at radius 1 is 1.23 bits per heavy atom. The molecule has 0 saturated carbocycles. The standard InChI is InChI=1S/C8H6F2O2S/c9-8(10)11-6-2-1-5(4-13)3-7(6)12-8/h1-3,13H,4H2. The predicted molar refractivity (Wildman–Crippen MR) is 45.3 cm³/mol. The van der Waals surface area contributed by atoms with Gasteiger partial charge < -0.3 is 9.47 Å². The molecule has 0 spiro atoms. The van der Waals surface area contributed by atoms with E-state index in [2.05, 4.69) is 22.1 Å². The minimum Gasteiger partial charge on any atom is -0.395 e. The lowest BCUT2D eigenvalue weighted by Crippen LogP contribution is -2.25. The van der Waals surface area contributed by atoms with Crippen molar-refractivity contribution >= 4 is 12.6 Å². The molecule has 0 radical (unpaired) electrons. The fraction of sp³-hybridized carbons (Fsp3) is 0.250. The van der Waals surface area contributed by atoms with E-state index >= 15 is 0 Å². The molecule has 2 nitrogen and oxygen atoms in total. The van der Waals surface area contributed by atoms with Crippen molar-refractivity contribution in [3.63, 3.8) is 0 Å². The summed E-state index contributed by atoms with van der Waals surface area (Å²) < 4.78 is 33.5. The summed E-state index contributed by atoms with van der Waals surface area (Å²) in [6, 6.07) is 4.60. The van der Waals surface area contributed by atoms with Crippen LogP contribution in [0.1, 0.15) is 5.56 Å². The number of rotatable bonds is 1. The summed E-state index contributed by atoms with van der Waals surface area (Å²) in [6.45, 7) is 0. The average Bonchev–Trinajstić information content (AvgIpc) is 2.36. The zero-order chi connectivity index (χ0) is 9.47. The Labute approximate surface area is 78.9 Å². The second kappa shape index (κ2) is 2.77. The molecule has 0 aliphatic carbocycles. The van der Waals surface area contributed by atoms with Crippen LogP contribution < -0.4 is 9.47 Å². The molecule has 1 heterocycles. The third-order valence-corrected chi connectivity index (χ3v) is 2.01. The third-order valence-electron chi connectivity index (χ3n) is 1.65. The first-order chi connectivity index (χ1) is 6.11. The van der Waals surface area contributed by atoms with Gasteiger partial charge >= 0.3 is 6.29 Å². The first kappa shape index (κ1) is 8.62. The zero-order valence-electron chi connectivity index (χ0n) is 6.46. The van der Waals surface area contributed by atoms with E-state index in [1.807, 2.05) is 0 Å². The molecule has 0 N–H and O–H groups in total. The minimum absolute atomic E-state index is 0.0653. The zero-order valence-corrected chi connectivity index (χ0v) is 7.35. The number of halogens is 2. The topological polar surface area (TPSA) is 18.5 Å². The van der Waals surface area contributed by atoms with Gasteiger partial charge in [-0.1, -0.05) is 6.07 Å². The maximum atomic E-state index is 12.5. The summed E-state index contributed by atoms with van der Waals surface area (Å²) in [5.74, 6) is 0.606. The van der Waals surface area contributed by atoms with Gasteiger partial charge in [-0.05, 0) is 17.7 Å². The van der Waals surface area contributed by atoms with E-state index in [1.54, 1.807) is 6.07 Å². The summed E-state index contributed by atoms with van der Waals surface area (Å²) in [7, 11) is 0. The van der Waals surface area contributed by atoms with Crippen LogP contribution in [0.2, 0.25) is 0 Å². The van der Waals surface area contributed by atoms with Gasteiger partial charge in [-0.25, -0.2) is 0 Å². The largest absolute Gasteiger partial charge is 0.586 e. The van der Waals surface area contributed by atoms with Crippen molar-refractivity contribution in [3.8, 4) is 11.5 Å². The fourth-order valence-corrected chi connectivity index (χ4v) is 1.29. The highest BCUT2D eigenvalue weighted by Crippen LogP contribution is 2.41. The molecule has 1 aliphatic rings. The van der Waals surface area contributed by atoms with Crippen LogP contribution in [0.5, 0.6) is 11.5 Å². The molecule has 0 aromatic heterocycles. The van der Waals surface area contributed by atoms with Crippen LogP contribution >= 0.6 is 12.6 Å². The van der Waals surface area contributed by atoms with Gasteiger partial charge in [-0.15, -0.1) is 8.78 Å². The molecule has 0 amide bonds. The molecule has 1 aliphatic heterocycles. The lowest BCUT2D eigenvalue weighted by atomic mass is 10.2. The molecule has 0 fully saturated rings. The highest BCUT2D eigenvalue weighted by Gasteiger charge is 2.43. The number of hydrogen-bond donors (Lipinski definition) is 1. The smallest absolute Gasteiger partial charge is 0.395 e. The van der Waals surface area contributed by atoms with Gasteiger partial charge in [-0.3, -0.25) is 0 Å². The van der Waals surface area contributed by atoms with E-state index in [1.165, 1.54) is 12.1 Å². The van der Waals surface area contributed by atoms with E-state index in [-0.39, 0.29) is 11.5 Å². The number of alkyl halides is 2. The quantitative estimate of drug-likeness (QED) is 0.708. The highest BCUT2D eigenvalue weighted by atomic mass is 32.1. The molecule has 13 heavy (non-hydrogen) atoms. The molecule has 0 saturated heterocycles. The maximum Gasteiger partial charge on any atom is 0.586 e. The van der Waals surface area contributed by atoms with Crippen LogP contribution in [0, 0.1) is 0 Å². The number of benzene rings is 1. The van der Waals surface area contributed by atoms with Crippen molar-refractivity contribution in [1.29, 1.82) is 0 Å². The first-order valence-corrected chi connectivity index (χ1v) is 4.23. The van der Waals surface area contributed by atoms with Crippen molar-refractivity contribution in [2.45, 2.75) is 12.0 Å². The molecule has 0 atom stereocenters. The van der Waals surface area contributed by atoms with Crippen LogP contribution in [0.4, 0.5) is 8.78 Å². The Morgan fingerprint density at radius 3 is 2.62 bits per heavy atom. The average molecular weight is 204 g/mol. The van der Waals surface area contributed by atoms with E-state index in [4.69, 9.17) is 0 Å². The number of thiol groups is 1. The van der Waals surface area contributed by atoms with Gasteiger partial charge in [0.2, 0.25) is 0 Å². The molecular formula is C8H6F2O2S. The van der Waals surface area contributed by atoms with Crippen LogP contribution in [0.25, 0.3) is 0 Å². The van der Waals surface area contributed by atoms with Crippen molar-refractivity contribution in [2.75, 3.05) is 0 Å². The van der Waals surface area contributed by atoms with Gasteiger partial charge in [0.05, 0.1) is 0 Å². The number of ether oxygens (including phenoxy) is 2. The highest BCUT2D eigenvalue weighted by molar-refractivity contribution is 7.79. The fourth-order valence-electron chi connectivity index (χ4n) is 1.09. The lowest BCUT2D eigenvalue weighted by Gasteiger charge is -2.04. The summed E-state index contributed by atoms with van der Waals surface area (Å²) in [6.07, 6.45) is -3.53. The van der Waals surface area contributed by atoms with Gasteiger partial charge in [0.15, 0.2) is 11.5 Å². The molecule has 1 aromatic rings. The molecule has 70 valence electrons. The van der Waals surface area contributed by atoms with E-state index in [0.717, 1.165) is 5.56 Å². The molecule has 1 aromatic carbocycles. The van der Waals surface area contributed by atoms with Crippen LogP contribution in [-0.4, -0.2) is 6.29 Å². The maximum absolute atomic E-state index is 12.5. The molecule has 0 bridgehead atoms. The number of fused-ring (bicyclic) bond motifs is 1. The minimum atomic E-state index is -3.53. The third kappa shape index (κ3) is 1.56. The number of hydrogen-bond acceptors (Lipinski definition) is 3. The van der Waals surface area contributed by atoms with Gasteiger partial charge in [-0.2, -0.15) is 12.6 Å². The SMILES string of the molecule is FC1(F)Oc2ccc(CS)cc2O1. The van der Waals surface area contributed by atoms with Crippen LogP contribution in [0.3, 0.4) is 0 Å². The summed E-state index contributed by atoms with van der Waals surface area (Å²) in [5, 5.41) is 0. The molecule has 5 heteroatoms. The second-order valence-electron chi connectivity index (χ2n) is 2.61. The van der Waals surface area contributed by atoms with Gasteiger partial charge in [0.1, 0.15) is 0 Å².